The SMILES string of the molecule is COC(=O)C1(N(C(C)=O)c2ccccc2)CCN(Cc2ccccc2)CC1. The van der Waals surface area contributed by atoms with Gasteiger partial charge in [0, 0.05) is 32.2 Å². The van der Waals surface area contributed by atoms with Crippen molar-refractivity contribution in [3.8, 4) is 0 Å². The predicted molar refractivity (Wildman–Crippen MR) is 105 cm³/mol. The van der Waals surface area contributed by atoms with Crippen molar-refractivity contribution in [1.29, 1.82) is 0 Å². The number of ether oxygens (including phenoxy) is 1. The number of benzene rings is 2. The van der Waals surface area contributed by atoms with Crippen LogP contribution in [-0.2, 0) is 20.9 Å². The molecular weight excluding hydrogens is 340 g/mol. The number of carbonyl (C=O) groups is 2. The Labute approximate surface area is 160 Å². The molecular formula is C22H26N2O3. The molecule has 3 rings (SSSR count). The largest absolute Gasteiger partial charge is 0.467 e. The molecule has 1 aliphatic rings. The molecule has 5 nitrogen and oxygen atoms in total. The molecule has 0 spiro atoms. The smallest absolute Gasteiger partial charge is 0.332 e. The van der Waals surface area contributed by atoms with Crippen LogP contribution in [0.1, 0.15) is 25.3 Å². The van der Waals surface area contributed by atoms with E-state index in [1.54, 1.807) is 4.90 Å². The lowest BCUT2D eigenvalue weighted by molar-refractivity contribution is -0.150. The lowest BCUT2D eigenvalue weighted by Gasteiger charge is -2.46. The van der Waals surface area contributed by atoms with E-state index in [9.17, 15) is 9.59 Å². The zero-order valence-corrected chi connectivity index (χ0v) is 15.9. The summed E-state index contributed by atoms with van der Waals surface area (Å²) in [5.74, 6) is -0.496. The van der Waals surface area contributed by atoms with Crippen LogP contribution in [0.2, 0.25) is 0 Å². The fourth-order valence-electron chi connectivity index (χ4n) is 3.94. The Bertz CT molecular complexity index is 769. The summed E-state index contributed by atoms with van der Waals surface area (Å²) < 4.78 is 5.15. The number of methoxy groups -OCH3 is 1. The Hall–Kier alpha value is -2.66. The molecule has 1 fully saturated rings. The number of carbonyl (C=O) groups excluding carboxylic acids is 2. The van der Waals surface area contributed by atoms with Gasteiger partial charge in [0.2, 0.25) is 5.91 Å². The molecule has 0 radical (unpaired) electrons. The van der Waals surface area contributed by atoms with E-state index in [0.717, 1.165) is 25.3 Å². The second kappa shape index (κ2) is 8.35. The molecule has 0 bridgehead atoms. The minimum absolute atomic E-state index is 0.150. The maximum absolute atomic E-state index is 12.8. The van der Waals surface area contributed by atoms with Gasteiger partial charge in [0.1, 0.15) is 5.54 Å². The van der Waals surface area contributed by atoms with Crippen molar-refractivity contribution < 1.29 is 14.3 Å². The van der Waals surface area contributed by atoms with Crippen LogP contribution in [0.15, 0.2) is 60.7 Å². The molecule has 0 unspecified atom stereocenters. The van der Waals surface area contributed by atoms with Crippen LogP contribution >= 0.6 is 0 Å². The second-order valence-electron chi connectivity index (χ2n) is 6.97. The molecule has 1 amide bonds. The van der Waals surface area contributed by atoms with Gasteiger partial charge in [0.05, 0.1) is 7.11 Å². The van der Waals surface area contributed by atoms with E-state index >= 15 is 0 Å². The van der Waals surface area contributed by atoms with Crippen molar-refractivity contribution in [3.05, 3.63) is 66.2 Å². The fourth-order valence-corrected chi connectivity index (χ4v) is 3.94. The van der Waals surface area contributed by atoms with Gasteiger partial charge in [-0.2, -0.15) is 0 Å². The highest BCUT2D eigenvalue weighted by Crippen LogP contribution is 2.35. The maximum atomic E-state index is 12.8. The molecule has 0 aromatic heterocycles. The Morgan fingerprint density at radius 2 is 1.56 bits per heavy atom. The monoisotopic (exact) mass is 366 g/mol. The number of rotatable bonds is 5. The van der Waals surface area contributed by atoms with Crippen molar-refractivity contribution in [2.75, 3.05) is 25.1 Å². The zero-order valence-electron chi connectivity index (χ0n) is 15.9. The van der Waals surface area contributed by atoms with E-state index in [0.29, 0.717) is 12.8 Å². The van der Waals surface area contributed by atoms with Crippen LogP contribution < -0.4 is 4.90 Å². The average Bonchev–Trinajstić information content (AvgIpc) is 2.70. The number of amides is 1. The molecule has 2 aromatic carbocycles. The first-order chi connectivity index (χ1) is 13.1. The van der Waals surface area contributed by atoms with Gasteiger partial charge in [-0.15, -0.1) is 0 Å². The summed E-state index contributed by atoms with van der Waals surface area (Å²) in [4.78, 5) is 29.3. The minimum Gasteiger partial charge on any atom is -0.467 e. The van der Waals surface area contributed by atoms with Gasteiger partial charge in [0.15, 0.2) is 0 Å². The van der Waals surface area contributed by atoms with Gasteiger partial charge in [0.25, 0.3) is 0 Å². The number of esters is 1. The summed E-state index contributed by atoms with van der Waals surface area (Å²) in [5, 5.41) is 0. The van der Waals surface area contributed by atoms with Crippen LogP contribution in [0.5, 0.6) is 0 Å². The highest BCUT2D eigenvalue weighted by atomic mass is 16.5. The van der Waals surface area contributed by atoms with Gasteiger partial charge < -0.3 is 4.74 Å². The number of likely N-dealkylation sites (tertiary alicyclic amines) is 1. The Morgan fingerprint density at radius 1 is 1.00 bits per heavy atom. The quantitative estimate of drug-likeness (QED) is 0.762. The summed E-state index contributed by atoms with van der Waals surface area (Å²) in [5.41, 5.74) is 1.01. The van der Waals surface area contributed by atoms with E-state index in [1.807, 2.05) is 48.5 Å². The van der Waals surface area contributed by atoms with Gasteiger partial charge >= 0.3 is 5.97 Å². The van der Waals surface area contributed by atoms with Crippen molar-refractivity contribution in [1.82, 2.24) is 4.90 Å². The van der Waals surface area contributed by atoms with Crippen LogP contribution in [-0.4, -0.2) is 42.5 Å². The number of hydrogen-bond donors (Lipinski definition) is 0. The number of piperidine rings is 1. The number of anilines is 1. The Kier molecular flexibility index (Phi) is 5.91. The highest BCUT2D eigenvalue weighted by molar-refractivity contribution is 6.01. The molecule has 27 heavy (non-hydrogen) atoms. The molecule has 0 saturated carbocycles. The molecule has 5 heteroatoms. The number of para-hydroxylation sites is 1. The van der Waals surface area contributed by atoms with E-state index in [2.05, 4.69) is 17.0 Å². The molecule has 0 aliphatic carbocycles. The first kappa shape index (κ1) is 19.1. The van der Waals surface area contributed by atoms with Crippen molar-refractivity contribution in [3.63, 3.8) is 0 Å². The summed E-state index contributed by atoms with van der Waals surface area (Å²) in [7, 11) is 1.39. The molecule has 1 aliphatic heterocycles. The van der Waals surface area contributed by atoms with Crippen molar-refractivity contribution >= 4 is 17.6 Å². The third-order valence-corrected chi connectivity index (χ3v) is 5.25. The highest BCUT2D eigenvalue weighted by Gasteiger charge is 2.49. The van der Waals surface area contributed by atoms with Crippen molar-refractivity contribution in [2.45, 2.75) is 31.8 Å². The summed E-state index contributed by atoms with van der Waals surface area (Å²) in [6.07, 6.45) is 1.09. The van der Waals surface area contributed by atoms with Crippen molar-refractivity contribution in [2.24, 2.45) is 0 Å². The topological polar surface area (TPSA) is 49.9 Å². The van der Waals surface area contributed by atoms with Gasteiger partial charge in [-0.3, -0.25) is 14.6 Å². The second-order valence-corrected chi connectivity index (χ2v) is 6.97. The number of nitrogens with zero attached hydrogens (tertiary/aromatic N) is 2. The first-order valence-electron chi connectivity index (χ1n) is 9.27. The summed E-state index contributed by atoms with van der Waals surface area (Å²) >= 11 is 0. The molecule has 2 aromatic rings. The predicted octanol–water partition coefficient (Wildman–Crippen LogP) is 3.25. The first-order valence-corrected chi connectivity index (χ1v) is 9.27. The summed E-state index contributed by atoms with van der Waals surface area (Å²) in [6, 6.07) is 19.7. The lowest BCUT2D eigenvalue weighted by Crippen LogP contribution is -2.62. The van der Waals surface area contributed by atoms with Crippen LogP contribution in [0, 0.1) is 0 Å². The van der Waals surface area contributed by atoms with E-state index in [1.165, 1.54) is 19.6 Å². The molecule has 0 N–H and O–H groups in total. The van der Waals surface area contributed by atoms with Gasteiger partial charge in [-0.25, -0.2) is 4.79 Å². The normalized spacial score (nSPS) is 16.5. The Balaban J connectivity index is 1.84. The lowest BCUT2D eigenvalue weighted by atomic mass is 9.84. The average molecular weight is 366 g/mol. The van der Waals surface area contributed by atoms with E-state index in [-0.39, 0.29) is 11.9 Å². The number of hydrogen-bond acceptors (Lipinski definition) is 4. The standard InChI is InChI=1S/C22H26N2O3/c1-18(25)24(20-11-7-4-8-12-20)22(21(26)27-2)13-15-23(16-14-22)17-19-9-5-3-6-10-19/h3-12H,13-17H2,1-2H3. The maximum Gasteiger partial charge on any atom is 0.332 e. The van der Waals surface area contributed by atoms with Gasteiger partial charge in [-0.1, -0.05) is 48.5 Å². The molecule has 142 valence electrons. The van der Waals surface area contributed by atoms with E-state index in [4.69, 9.17) is 4.74 Å². The van der Waals surface area contributed by atoms with Crippen LogP contribution in [0.25, 0.3) is 0 Å². The fraction of sp³-hybridized carbons (Fsp3) is 0.364. The molecule has 0 atom stereocenters. The van der Waals surface area contributed by atoms with Crippen LogP contribution in [0.3, 0.4) is 0 Å². The van der Waals surface area contributed by atoms with E-state index < -0.39 is 5.54 Å². The molecule has 1 saturated heterocycles. The van der Waals surface area contributed by atoms with Crippen LogP contribution in [0.4, 0.5) is 5.69 Å². The minimum atomic E-state index is -0.963. The third-order valence-electron chi connectivity index (χ3n) is 5.25. The molecule has 1 heterocycles. The Morgan fingerprint density at radius 3 is 2.07 bits per heavy atom. The summed E-state index contributed by atoms with van der Waals surface area (Å²) in [6.45, 7) is 3.79. The third kappa shape index (κ3) is 4.03. The zero-order chi connectivity index (χ0) is 19.3. The van der Waals surface area contributed by atoms with Gasteiger partial charge in [-0.05, 0) is 30.5 Å².